The van der Waals surface area contributed by atoms with Gasteiger partial charge in [-0.15, -0.1) is 0 Å². The van der Waals surface area contributed by atoms with Crippen LogP contribution in [0.1, 0.15) is 11.1 Å². The van der Waals surface area contributed by atoms with E-state index in [9.17, 15) is 0 Å². The summed E-state index contributed by atoms with van der Waals surface area (Å²) < 4.78 is 5.83. The molecule has 0 unspecified atom stereocenters. The van der Waals surface area contributed by atoms with E-state index in [0.29, 0.717) is 11.5 Å². The van der Waals surface area contributed by atoms with Crippen LogP contribution in [0.15, 0.2) is 40.9 Å². The van der Waals surface area contributed by atoms with Crippen LogP contribution in [0.3, 0.4) is 0 Å². The Morgan fingerprint density at radius 3 is 3.11 bits per heavy atom. The lowest BCUT2D eigenvalue weighted by Gasteiger charge is -2.18. The van der Waals surface area contributed by atoms with Crippen molar-refractivity contribution in [3.63, 3.8) is 0 Å². The van der Waals surface area contributed by atoms with E-state index in [2.05, 4.69) is 33.5 Å². The van der Waals surface area contributed by atoms with Crippen LogP contribution in [0.4, 0.5) is 0 Å². The van der Waals surface area contributed by atoms with Crippen molar-refractivity contribution in [2.45, 2.75) is 13.0 Å². The molecule has 19 heavy (non-hydrogen) atoms. The summed E-state index contributed by atoms with van der Waals surface area (Å²) in [5.41, 5.74) is 5.18. The Balaban J connectivity index is 1.92. The van der Waals surface area contributed by atoms with E-state index in [0.717, 1.165) is 30.7 Å². The Kier molecular flexibility index (Phi) is 2.35. The van der Waals surface area contributed by atoms with Crippen LogP contribution in [-0.2, 0) is 13.0 Å². The normalized spacial score (nSPS) is 14.5. The maximum Gasteiger partial charge on any atom is 0.229 e. The Labute approximate surface area is 110 Å². The molecule has 2 aromatic heterocycles. The third-order valence-corrected chi connectivity index (χ3v) is 3.54. The predicted molar refractivity (Wildman–Crippen MR) is 72.7 cm³/mol. The van der Waals surface area contributed by atoms with Crippen LogP contribution in [-0.4, -0.2) is 16.5 Å². The van der Waals surface area contributed by atoms with Gasteiger partial charge in [0.1, 0.15) is 0 Å². The van der Waals surface area contributed by atoms with Gasteiger partial charge in [-0.1, -0.05) is 12.1 Å². The molecule has 0 amide bonds. The first-order chi connectivity index (χ1) is 9.42. The molecule has 4 nitrogen and oxygen atoms in total. The van der Waals surface area contributed by atoms with Gasteiger partial charge in [0.05, 0.1) is 0 Å². The van der Waals surface area contributed by atoms with Crippen LogP contribution in [0.25, 0.3) is 22.7 Å². The zero-order chi connectivity index (χ0) is 12.7. The van der Waals surface area contributed by atoms with Crippen molar-refractivity contribution >= 4 is 11.2 Å². The minimum atomic E-state index is 0.670. The highest BCUT2D eigenvalue weighted by molar-refractivity contribution is 5.73. The smallest absolute Gasteiger partial charge is 0.229 e. The minimum Gasteiger partial charge on any atom is -0.434 e. The van der Waals surface area contributed by atoms with Crippen molar-refractivity contribution in [3.8, 4) is 11.5 Å². The molecule has 4 heteroatoms. The van der Waals surface area contributed by atoms with Gasteiger partial charge in [0, 0.05) is 18.3 Å². The summed E-state index contributed by atoms with van der Waals surface area (Å²) >= 11 is 0. The van der Waals surface area contributed by atoms with Crippen molar-refractivity contribution in [1.29, 1.82) is 0 Å². The number of hydrogen-bond donors (Lipinski definition) is 1. The van der Waals surface area contributed by atoms with Gasteiger partial charge in [0.25, 0.3) is 0 Å². The molecule has 0 bridgehead atoms. The zero-order valence-electron chi connectivity index (χ0n) is 10.4. The van der Waals surface area contributed by atoms with Crippen molar-refractivity contribution in [2.75, 3.05) is 6.54 Å². The highest BCUT2D eigenvalue weighted by atomic mass is 16.3. The highest BCUT2D eigenvalue weighted by Gasteiger charge is 2.17. The van der Waals surface area contributed by atoms with Gasteiger partial charge in [-0.25, -0.2) is 4.98 Å². The first-order valence-electron chi connectivity index (χ1n) is 6.45. The third kappa shape index (κ3) is 1.72. The second kappa shape index (κ2) is 4.17. The first-order valence-corrected chi connectivity index (χ1v) is 6.45. The molecule has 1 N–H and O–H groups in total. The molecule has 0 saturated carbocycles. The molecule has 3 heterocycles. The van der Waals surface area contributed by atoms with E-state index in [4.69, 9.17) is 4.42 Å². The standard InChI is InChI=1S/C15H13N3O/c1-3-10-9-16-8-6-11(10)12(4-1)15-18-14-13(19-15)5-2-7-17-14/h1-5,7,16H,6,8-9H2. The fourth-order valence-corrected chi connectivity index (χ4v) is 2.62. The van der Waals surface area contributed by atoms with Gasteiger partial charge in [-0.3, -0.25) is 0 Å². The lowest BCUT2D eigenvalue weighted by molar-refractivity contribution is 0.611. The van der Waals surface area contributed by atoms with Gasteiger partial charge in [-0.05, 0) is 42.3 Å². The van der Waals surface area contributed by atoms with Gasteiger partial charge in [-0.2, -0.15) is 4.98 Å². The molecule has 0 fully saturated rings. The lowest BCUT2D eigenvalue weighted by atomic mass is 9.95. The Morgan fingerprint density at radius 2 is 2.16 bits per heavy atom. The van der Waals surface area contributed by atoms with Crippen LogP contribution in [0, 0.1) is 0 Å². The van der Waals surface area contributed by atoms with E-state index in [1.165, 1.54) is 11.1 Å². The number of rotatable bonds is 1. The van der Waals surface area contributed by atoms with Crippen LogP contribution < -0.4 is 5.32 Å². The summed E-state index contributed by atoms with van der Waals surface area (Å²) in [6, 6.07) is 10.1. The summed E-state index contributed by atoms with van der Waals surface area (Å²) in [4.78, 5) is 8.72. The summed E-state index contributed by atoms with van der Waals surface area (Å²) in [7, 11) is 0. The number of oxazole rings is 1. The Hall–Kier alpha value is -2.20. The number of fused-ring (bicyclic) bond motifs is 2. The predicted octanol–water partition coefficient (Wildman–Crippen LogP) is 2.54. The fraction of sp³-hybridized carbons (Fsp3) is 0.200. The van der Waals surface area contributed by atoms with E-state index in [1.54, 1.807) is 6.20 Å². The average molecular weight is 251 g/mol. The van der Waals surface area contributed by atoms with Gasteiger partial charge in [0.15, 0.2) is 11.2 Å². The van der Waals surface area contributed by atoms with E-state index in [1.807, 2.05) is 12.1 Å². The molecule has 3 aromatic rings. The molecule has 0 aliphatic carbocycles. The zero-order valence-corrected chi connectivity index (χ0v) is 10.4. The maximum absolute atomic E-state index is 5.83. The van der Waals surface area contributed by atoms with E-state index in [-0.39, 0.29) is 0 Å². The van der Waals surface area contributed by atoms with Gasteiger partial charge < -0.3 is 9.73 Å². The van der Waals surface area contributed by atoms with Crippen molar-refractivity contribution in [2.24, 2.45) is 0 Å². The second-order valence-electron chi connectivity index (χ2n) is 4.71. The van der Waals surface area contributed by atoms with Crippen molar-refractivity contribution < 1.29 is 4.42 Å². The molecule has 0 radical (unpaired) electrons. The van der Waals surface area contributed by atoms with E-state index >= 15 is 0 Å². The summed E-state index contributed by atoms with van der Waals surface area (Å²) in [6.45, 7) is 1.92. The molecule has 94 valence electrons. The summed E-state index contributed by atoms with van der Waals surface area (Å²) in [5, 5.41) is 3.38. The molecule has 1 aliphatic rings. The van der Waals surface area contributed by atoms with Crippen LogP contribution in [0.2, 0.25) is 0 Å². The number of aromatic nitrogens is 2. The molecule has 0 atom stereocenters. The summed E-state index contributed by atoms with van der Waals surface area (Å²) in [6.07, 6.45) is 2.75. The Morgan fingerprint density at radius 1 is 1.16 bits per heavy atom. The van der Waals surface area contributed by atoms with Gasteiger partial charge in [0.2, 0.25) is 5.89 Å². The fourth-order valence-electron chi connectivity index (χ4n) is 2.62. The third-order valence-electron chi connectivity index (χ3n) is 3.54. The number of benzene rings is 1. The monoisotopic (exact) mass is 251 g/mol. The Bertz CT molecular complexity index is 715. The summed E-state index contributed by atoms with van der Waals surface area (Å²) in [5.74, 6) is 0.674. The number of pyridine rings is 1. The second-order valence-corrected chi connectivity index (χ2v) is 4.71. The lowest BCUT2D eigenvalue weighted by Crippen LogP contribution is -2.24. The van der Waals surface area contributed by atoms with Gasteiger partial charge >= 0.3 is 0 Å². The molecule has 1 aliphatic heterocycles. The topological polar surface area (TPSA) is 51.0 Å². The van der Waals surface area contributed by atoms with E-state index < -0.39 is 0 Å². The highest BCUT2D eigenvalue weighted by Crippen LogP contribution is 2.29. The first kappa shape index (κ1) is 10.7. The number of nitrogens with one attached hydrogen (secondary N) is 1. The molecular weight excluding hydrogens is 238 g/mol. The van der Waals surface area contributed by atoms with Crippen molar-refractivity contribution in [3.05, 3.63) is 47.7 Å². The quantitative estimate of drug-likeness (QED) is 0.722. The van der Waals surface area contributed by atoms with Crippen molar-refractivity contribution in [1.82, 2.24) is 15.3 Å². The maximum atomic E-state index is 5.83. The molecule has 0 spiro atoms. The molecule has 4 rings (SSSR count). The molecule has 1 aromatic carbocycles. The number of nitrogens with zero attached hydrogens (tertiary/aromatic N) is 2. The number of hydrogen-bond acceptors (Lipinski definition) is 4. The molecule has 0 saturated heterocycles. The SMILES string of the molecule is c1cc2c(c(-c3nc4ncccc4o3)c1)CCNC2. The average Bonchev–Trinajstić information content (AvgIpc) is 2.90. The van der Waals surface area contributed by atoms with Crippen LogP contribution in [0.5, 0.6) is 0 Å². The largest absolute Gasteiger partial charge is 0.434 e. The van der Waals surface area contributed by atoms with Crippen LogP contribution >= 0.6 is 0 Å². The molecular formula is C15H13N3O. The minimum absolute atomic E-state index is 0.670.